The minimum Gasteiger partial charge on any atom is -0.444 e. The smallest absolute Gasteiger partial charge is 0.224 e. The highest BCUT2D eigenvalue weighted by molar-refractivity contribution is 5.86. The van der Waals surface area contributed by atoms with Crippen molar-refractivity contribution in [2.75, 3.05) is 11.1 Å². The molecule has 0 bridgehead atoms. The second kappa shape index (κ2) is 3.99. The van der Waals surface area contributed by atoms with Gasteiger partial charge in [0.2, 0.25) is 11.8 Å². The fraction of sp³-hybridized carbons (Fsp3) is 0.200. The minimum atomic E-state index is 0.179. The summed E-state index contributed by atoms with van der Waals surface area (Å²) < 4.78 is 5.36. The Bertz CT molecular complexity index is 686. The predicted molar refractivity (Wildman–Crippen MR) is 64.7 cm³/mol. The quantitative estimate of drug-likeness (QED) is 0.625. The maximum atomic E-state index is 5.61. The standard InChI is InChI=1S/C10H11N7O/c1-5-2-12-7(18-5)4-13-8-6-3-14-17-9(6)16-10(11)15-8/h2-3H,4H2,1H3,(H4,11,13,14,15,16,17). The van der Waals surface area contributed by atoms with Crippen molar-refractivity contribution in [1.82, 2.24) is 25.1 Å². The first-order valence-corrected chi connectivity index (χ1v) is 5.34. The summed E-state index contributed by atoms with van der Waals surface area (Å²) in [6.45, 7) is 2.26. The molecule has 0 aliphatic heterocycles. The number of anilines is 2. The Morgan fingerprint density at radius 3 is 3.06 bits per heavy atom. The number of aromatic nitrogens is 5. The van der Waals surface area contributed by atoms with Gasteiger partial charge in [-0.05, 0) is 6.92 Å². The molecule has 3 heterocycles. The summed E-state index contributed by atoms with van der Waals surface area (Å²) in [4.78, 5) is 12.2. The molecule has 3 aromatic heterocycles. The van der Waals surface area contributed by atoms with Crippen LogP contribution in [-0.4, -0.2) is 25.1 Å². The second-order valence-corrected chi connectivity index (χ2v) is 3.78. The van der Waals surface area contributed by atoms with Crippen LogP contribution in [-0.2, 0) is 6.54 Å². The SMILES string of the molecule is Cc1cnc(CNc2nc(N)nc3[nH]ncc23)o1. The van der Waals surface area contributed by atoms with Crippen LogP contribution in [0, 0.1) is 6.92 Å². The van der Waals surface area contributed by atoms with Gasteiger partial charge in [0.25, 0.3) is 0 Å². The lowest BCUT2D eigenvalue weighted by Gasteiger charge is -2.04. The monoisotopic (exact) mass is 245 g/mol. The summed E-state index contributed by atoms with van der Waals surface area (Å²) in [5.74, 6) is 2.13. The minimum absolute atomic E-state index is 0.179. The molecule has 4 N–H and O–H groups in total. The molecule has 0 radical (unpaired) electrons. The third-order valence-electron chi connectivity index (χ3n) is 2.40. The number of aryl methyl sites for hydroxylation is 1. The molecule has 0 saturated carbocycles. The van der Waals surface area contributed by atoms with Crippen molar-refractivity contribution in [2.45, 2.75) is 13.5 Å². The number of nitrogens with zero attached hydrogens (tertiary/aromatic N) is 4. The van der Waals surface area contributed by atoms with Crippen LogP contribution >= 0.6 is 0 Å². The molecule has 0 aromatic carbocycles. The van der Waals surface area contributed by atoms with E-state index in [1.165, 1.54) is 0 Å². The summed E-state index contributed by atoms with van der Waals surface area (Å²) in [5, 5.41) is 10.5. The highest BCUT2D eigenvalue weighted by Gasteiger charge is 2.08. The van der Waals surface area contributed by atoms with Crippen molar-refractivity contribution in [2.24, 2.45) is 0 Å². The van der Waals surface area contributed by atoms with E-state index in [1.54, 1.807) is 12.4 Å². The lowest BCUT2D eigenvalue weighted by Crippen LogP contribution is -2.05. The number of H-pyrrole nitrogens is 1. The van der Waals surface area contributed by atoms with E-state index in [0.29, 0.717) is 23.9 Å². The zero-order chi connectivity index (χ0) is 12.5. The van der Waals surface area contributed by atoms with Crippen LogP contribution in [0.3, 0.4) is 0 Å². The van der Waals surface area contributed by atoms with Gasteiger partial charge in [-0.2, -0.15) is 15.1 Å². The zero-order valence-corrected chi connectivity index (χ0v) is 9.64. The topological polar surface area (TPSA) is 119 Å². The Kier molecular flexibility index (Phi) is 2.33. The number of nitrogen functional groups attached to an aromatic ring is 1. The number of hydrogen-bond acceptors (Lipinski definition) is 7. The van der Waals surface area contributed by atoms with Crippen LogP contribution in [0.15, 0.2) is 16.8 Å². The van der Waals surface area contributed by atoms with E-state index in [-0.39, 0.29) is 5.95 Å². The highest BCUT2D eigenvalue weighted by Crippen LogP contribution is 2.19. The molecule has 8 heteroatoms. The molecule has 0 amide bonds. The van der Waals surface area contributed by atoms with Crippen LogP contribution in [0.2, 0.25) is 0 Å². The Morgan fingerprint density at radius 2 is 2.28 bits per heavy atom. The van der Waals surface area contributed by atoms with Gasteiger partial charge in [0, 0.05) is 0 Å². The Balaban J connectivity index is 1.87. The first kappa shape index (κ1) is 10.5. The van der Waals surface area contributed by atoms with Gasteiger partial charge in [-0.1, -0.05) is 0 Å². The Morgan fingerprint density at radius 1 is 1.39 bits per heavy atom. The van der Waals surface area contributed by atoms with Crippen molar-refractivity contribution in [1.29, 1.82) is 0 Å². The Hall–Kier alpha value is -2.64. The van der Waals surface area contributed by atoms with Gasteiger partial charge in [-0.25, -0.2) is 4.98 Å². The summed E-state index contributed by atoms with van der Waals surface area (Å²) in [6, 6.07) is 0. The van der Waals surface area contributed by atoms with Gasteiger partial charge in [0.1, 0.15) is 11.6 Å². The van der Waals surface area contributed by atoms with Crippen molar-refractivity contribution < 1.29 is 4.42 Å². The van der Waals surface area contributed by atoms with Crippen molar-refractivity contribution in [3.63, 3.8) is 0 Å². The first-order valence-electron chi connectivity index (χ1n) is 5.34. The molecular weight excluding hydrogens is 234 g/mol. The number of oxazole rings is 1. The molecule has 0 atom stereocenters. The van der Waals surface area contributed by atoms with Crippen LogP contribution < -0.4 is 11.1 Å². The Labute approximate surface area is 102 Å². The summed E-state index contributed by atoms with van der Waals surface area (Å²) in [5.41, 5.74) is 6.20. The molecule has 18 heavy (non-hydrogen) atoms. The van der Waals surface area contributed by atoms with Crippen LogP contribution in [0.4, 0.5) is 11.8 Å². The van der Waals surface area contributed by atoms with Gasteiger partial charge in [0.05, 0.1) is 24.3 Å². The molecular formula is C10H11N7O. The van der Waals surface area contributed by atoms with Crippen molar-refractivity contribution in [3.8, 4) is 0 Å². The number of nitrogens with two attached hydrogens (primary N) is 1. The van der Waals surface area contributed by atoms with E-state index in [4.69, 9.17) is 10.2 Å². The average Bonchev–Trinajstić information content (AvgIpc) is 2.94. The van der Waals surface area contributed by atoms with Crippen LogP contribution in [0.25, 0.3) is 11.0 Å². The molecule has 0 saturated heterocycles. The lowest BCUT2D eigenvalue weighted by molar-refractivity contribution is 0.479. The van der Waals surface area contributed by atoms with Crippen molar-refractivity contribution in [3.05, 3.63) is 24.0 Å². The predicted octanol–water partition coefficient (Wildman–Crippen LogP) is 0.844. The summed E-state index contributed by atoms with van der Waals surface area (Å²) in [7, 11) is 0. The fourth-order valence-electron chi connectivity index (χ4n) is 1.63. The molecule has 92 valence electrons. The third kappa shape index (κ3) is 1.83. The molecule has 3 rings (SSSR count). The molecule has 3 aromatic rings. The number of fused-ring (bicyclic) bond motifs is 1. The maximum absolute atomic E-state index is 5.61. The third-order valence-corrected chi connectivity index (χ3v) is 2.40. The first-order chi connectivity index (χ1) is 8.72. The fourth-order valence-corrected chi connectivity index (χ4v) is 1.63. The number of nitrogens with one attached hydrogen (secondary N) is 2. The van der Waals surface area contributed by atoms with E-state index in [1.807, 2.05) is 6.92 Å². The maximum Gasteiger partial charge on any atom is 0.224 e. The molecule has 0 unspecified atom stereocenters. The highest BCUT2D eigenvalue weighted by atomic mass is 16.4. The largest absolute Gasteiger partial charge is 0.444 e. The van der Waals surface area contributed by atoms with Gasteiger partial charge >= 0.3 is 0 Å². The number of aromatic amines is 1. The normalized spacial score (nSPS) is 10.9. The number of rotatable bonds is 3. The van der Waals surface area contributed by atoms with E-state index in [9.17, 15) is 0 Å². The average molecular weight is 245 g/mol. The zero-order valence-electron chi connectivity index (χ0n) is 9.64. The van der Waals surface area contributed by atoms with Crippen LogP contribution in [0.5, 0.6) is 0 Å². The van der Waals surface area contributed by atoms with Gasteiger partial charge in [-0.15, -0.1) is 0 Å². The van der Waals surface area contributed by atoms with Crippen LogP contribution in [0.1, 0.15) is 11.7 Å². The van der Waals surface area contributed by atoms with E-state index in [2.05, 4.69) is 30.5 Å². The molecule has 0 fully saturated rings. The van der Waals surface area contributed by atoms with E-state index >= 15 is 0 Å². The molecule has 0 aliphatic rings. The van der Waals surface area contributed by atoms with Crippen molar-refractivity contribution >= 4 is 22.8 Å². The van der Waals surface area contributed by atoms with Gasteiger partial charge in [0.15, 0.2) is 5.65 Å². The number of hydrogen-bond donors (Lipinski definition) is 3. The molecule has 8 nitrogen and oxygen atoms in total. The van der Waals surface area contributed by atoms with Gasteiger partial charge < -0.3 is 15.5 Å². The lowest BCUT2D eigenvalue weighted by atomic mass is 10.4. The summed E-state index contributed by atoms with van der Waals surface area (Å²) in [6.07, 6.45) is 3.30. The second-order valence-electron chi connectivity index (χ2n) is 3.78. The molecule has 0 spiro atoms. The summed E-state index contributed by atoms with van der Waals surface area (Å²) >= 11 is 0. The van der Waals surface area contributed by atoms with E-state index in [0.717, 1.165) is 11.1 Å². The van der Waals surface area contributed by atoms with Gasteiger partial charge in [-0.3, -0.25) is 5.10 Å². The van der Waals surface area contributed by atoms with E-state index < -0.39 is 0 Å². The molecule has 0 aliphatic carbocycles.